The van der Waals surface area contributed by atoms with Crippen molar-refractivity contribution in [3.05, 3.63) is 35.9 Å². The zero-order valence-electron chi connectivity index (χ0n) is 7.24. The number of carbonyl (C=O) groups is 1. The zero-order valence-corrected chi connectivity index (χ0v) is 7.24. The fraction of sp³-hybridized carbons (Fsp3) is 0.200. The summed E-state index contributed by atoms with van der Waals surface area (Å²) in [5.41, 5.74) is 1.42. The lowest BCUT2D eigenvalue weighted by molar-refractivity contribution is -0.111. The van der Waals surface area contributed by atoms with Crippen molar-refractivity contribution in [2.45, 2.75) is 6.92 Å². The summed E-state index contributed by atoms with van der Waals surface area (Å²) in [6, 6.07) is 9.46. The van der Waals surface area contributed by atoms with Gasteiger partial charge in [-0.15, -0.1) is 0 Å². The summed E-state index contributed by atoms with van der Waals surface area (Å²) in [5, 5.41) is 0. The molecule has 0 unspecified atom stereocenters. The van der Waals surface area contributed by atoms with Gasteiger partial charge in [0.1, 0.15) is 5.71 Å². The monoisotopic (exact) mass is 161 g/mol. The molecule has 0 saturated carbocycles. The summed E-state index contributed by atoms with van der Waals surface area (Å²) >= 11 is 0. The van der Waals surface area contributed by atoms with Gasteiger partial charge in [-0.2, -0.15) is 0 Å². The molecular formula is C10H11NO. The van der Waals surface area contributed by atoms with Crippen LogP contribution in [0.3, 0.4) is 0 Å². The SMILES string of the molecule is CN=C(C(C)=O)c1ccccc1. The Morgan fingerprint density at radius 2 is 1.83 bits per heavy atom. The first kappa shape index (κ1) is 8.65. The number of hydrogen-bond donors (Lipinski definition) is 0. The topological polar surface area (TPSA) is 29.4 Å². The van der Waals surface area contributed by atoms with Gasteiger partial charge in [-0.05, 0) is 0 Å². The maximum Gasteiger partial charge on any atom is 0.178 e. The average molecular weight is 161 g/mol. The number of aliphatic imine (C=N–C) groups is 1. The molecule has 0 aliphatic heterocycles. The van der Waals surface area contributed by atoms with E-state index in [-0.39, 0.29) is 5.78 Å². The third kappa shape index (κ3) is 1.78. The Labute approximate surface area is 71.9 Å². The number of carbonyl (C=O) groups excluding carboxylic acids is 1. The van der Waals surface area contributed by atoms with Crippen molar-refractivity contribution in [3.8, 4) is 0 Å². The van der Waals surface area contributed by atoms with Crippen LogP contribution in [0.5, 0.6) is 0 Å². The molecule has 0 radical (unpaired) electrons. The molecule has 0 bridgehead atoms. The number of rotatable bonds is 2. The van der Waals surface area contributed by atoms with Crippen LogP contribution in [0.1, 0.15) is 12.5 Å². The number of hydrogen-bond acceptors (Lipinski definition) is 2. The van der Waals surface area contributed by atoms with E-state index in [2.05, 4.69) is 4.99 Å². The van der Waals surface area contributed by atoms with Crippen LogP contribution in [0.15, 0.2) is 35.3 Å². The minimum Gasteiger partial charge on any atom is -0.293 e. The smallest absolute Gasteiger partial charge is 0.178 e. The highest BCUT2D eigenvalue weighted by Gasteiger charge is 2.05. The maximum absolute atomic E-state index is 11.0. The van der Waals surface area contributed by atoms with E-state index in [1.807, 2.05) is 30.3 Å². The molecule has 0 saturated heterocycles. The van der Waals surface area contributed by atoms with Gasteiger partial charge >= 0.3 is 0 Å². The lowest BCUT2D eigenvalue weighted by Crippen LogP contribution is -2.10. The second-order valence-corrected chi connectivity index (χ2v) is 2.49. The average Bonchev–Trinajstić information content (AvgIpc) is 2.07. The third-order valence-corrected chi connectivity index (χ3v) is 1.60. The number of ketones is 1. The highest BCUT2D eigenvalue weighted by Crippen LogP contribution is 2.01. The van der Waals surface area contributed by atoms with Crippen LogP contribution < -0.4 is 0 Å². The van der Waals surface area contributed by atoms with Gasteiger partial charge in [-0.3, -0.25) is 9.79 Å². The second-order valence-electron chi connectivity index (χ2n) is 2.49. The van der Waals surface area contributed by atoms with Crippen molar-refractivity contribution in [2.75, 3.05) is 7.05 Å². The summed E-state index contributed by atoms with van der Waals surface area (Å²) in [7, 11) is 1.63. The van der Waals surface area contributed by atoms with Gasteiger partial charge in [0.25, 0.3) is 0 Å². The molecule has 2 heteroatoms. The van der Waals surface area contributed by atoms with Crippen molar-refractivity contribution < 1.29 is 4.79 Å². The van der Waals surface area contributed by atoms with E-state index < -0.39 is 0 Å². The van der Waals surface area contributed by atoms with Crippen LogP contribution in [0.25, 0.3) is 0 Å². The largest absolute Gasteiger partial charge is 0.293 e. The normalized spacial score (nSPS) is 11.3. The van der Waals surface area contributed by atoms with Crippen molar-refractivity contribution in [1.82, 2.24) is 0 Å². The van der Waals surface area contributed by atoms with Gasteiger partial charge in [-0.1, -0.05) is 30.3 Å². The molecular weight excluding hydrogens is 150 g/mol. The Balaban J connectivity index is 3.05. The Morgan fingerprint density at radius 3 is 2.25 bits per heavy atom. The lowest BCUT2D eigenvalue weighted by Gasteiger charge is -1.99. The molecule has 0 amide bonds. The van der Waals surface area contributed by atoms with Gasteiger partial charge in [0, 0.05) is 19.5 Å². The summed E-state index contributed by atoms with van der Waals surface area (Å²) in [6.07, 6.45) is 0. The standard InChI is InChI=1S/C10H11NO/c1-8(12)10(11-2)9-6-4-3-5-7-9/h3-7H,1-2H3. The van der Waals surface area contributed by atoms with Crippen LogP contribution in [-0.2, 0) is 4.79 Å². The van der Waals surface area contributed by atoms with Gasteiger partial charge in [-0.25, -0.2) is 0 Å². The van der Waals surface area contributed by atoms with E-state index in [4.69, 9.17) is 0 Å². The lowest BCUT2D eigenvalue weighted by atomic mass is 10.1. The van der Waals surface area contributed by atoms with Crippen LogP contribution in [0, 0.1) is 0 Å². The number of Topliss-reactive ketones (excluding diaryl/α,β-unsaturated/α-hetero) is 1. The van der Waals surface area contributed by atoms with Crippen LogP contribution >= 0.6 is 0 Å². The van der Waals surface area contributed by atoms with Crippen molar-refractivity contribution in [2.24, 2.45) is 4.99 Å². The first-order valence-electron chi connectivity index (χ1n) is 3.79. The van der Waals surface area contributed by atoms with E-state index in [9.17, 15) is 4.79 Å². The van der Waals surface area contributed by atoms with E-state index in [0.29, 0.717) is 5.71 Å². The fourth-order valence-corrected chi connectivity index (χ4v) is 1.09. The molecule has 12 heavy (non-hydrogen) atoms. The molecule has 0 spiro atoms. The summed E-state index contributed by atoms with van der Waals surface area (Å²) < 4.78 is 0. The van der Waals surface area contributed by atoms with Crippen LogP contribution in [0.4, 0.5) is 0 Å². The van der Waals surface area contributed by atoms with Crippen molar-refractivity contribution in [3.63, 3.8) is 0 Å². The van der Waals surface area contributed by atoms with Crippen LogP contribution in [-0.4, -0.2) is 18.5 Å². The number of nitrogens with zero attached hydrogens (tertiary/aromatic N) is 1. The summed E-state index contributed by atoms with van der Waals surface area (Å²) in [4.78, 5) is 15.0. The minimum atomic E-state index is 0.00343. The molecule has 0 fully saturated rings. The van der Waals surface area contributed by atoms with Gasteiger partial charge in [0.2, 0.25) is 0 Å². The molecule has 1 rings (SSSR count). The molecule has 62 valence electrons. The van der Waals surface area contributed by atoms with E-state index in [1.165, 1.54) is 6.92 Å². The highest BCUT2D eigenvalue weighted by atomic mass is 16.1. The van der Waals surface area contributed by atoms with Gasteiger partial charge in [0.15, 0.2) is 5.78 Å². The Morgan fingerprint density at radius 1 is 1.25 bits per heavy atom. The molecule has 1 aromatic carbocycles. The Hall–Kier alpha value is -1.44. The predicted octanol–water partition coefficient (Wildman–Crippen LogP) is 1.69. The van der Waals surface area contributed by atoms with E-state index in [1.54, 1.807) is 7.05 Å². The molecule has 0 heterocycles. The molecule has 2 nitrogen and oxygen atoms in total. The molecule has 0 aliphatic rings. The molecule has 0 atom stereocenters. The van der Waals surface area contributed by atoms with Crippen molar-refractivity contribution in [1.29, 1.82) is 0 Å². The van der Waals surface area contributed by atoms with Crippen molar-refractivity contribution >= 4 is 11.5 Å². The van der Waals surface area contributed by atoms with E-state index in [0.717, 1.165) is 5.56 Å². The summed E-state index contributed by atoms with van der Waals surface area (Å²) in [5.74, 6) is 0.00343. The predicted molar refractivity (Wildman–Crippen MR) is 49.6 cm³/mol. The fourth-order valence-electron chi connectivity index (χ4n) is 1.09. The first-order chi connectivity index (χ1) is 5.75. The van der Waals surface area contributed by atoms with Gasteiger partial charge < -0.3 is 0 Å². The minimum absolute atomic E-state index is 0.00343. The van der Waals surface area contributed by atoms with E-state index >= 15 is 0 Å². The zero-order chi connectivity index (χ0) is 8.97. The molecule has 0 aliphatic carbocycles. The molecule has 0 N–H and O–H groups in total. The summed E-state index contributed by atoms with van der Waals surface area (Å²) in [6.45, 7) is 1.52. The quantitative estimate of drug-likeness (QED) is 0.607. The number of benzene rings is 1. The van der Waals surface area contributed by atoms with Gasteiger partial charge in [0.05, 0.1) is 0 Å². The Bertz CT molecular complexity index is 301. The maximum atomic E-state index is 11.0. The molecule has 1 aromatic rings. The first-order valence-corrected chi connectivity index (χ1v) is 3.79. The third-order valence-electron chi connectivity index (χ3n) is 1.60. The Kier molecular flexibility index (Phi) is 2.75. The second kappa shape index (κ2) is 3.81. The molecule has 0 aromatic heterocycles. The highest BCUT2D eigenvalue weighted by molar-refractivity contribution is 6.45. The van der Waals surface area contributed by atoms with Crippen LogP contribution in [0.2, 0.25) is 0 Å².